The molecule has 1 aromatic heterocycles. The number of nitrogens with one attached hydrogen (secondary N) is 1. The highest BCUT2D eigenvalue weighted by molar-refractivity contribution is 6.33. The zero-order valence-corrected chi connectivity index (χ0v) is 14.2. The van der Waals surface area contributed by atoms with Gasteiger partial charge < -0.3 is 0 Å². The highest BCUT2D eigenvalue weighted by Gasteiger charge is 2.26. The van der Waals surface area contributed by atoms with Gasteiger partial charge in [-0.25, -0.2) is 0 Å². The molecule has 122 valence electrons. The first-order valence-corrected chi connectivity index (χ1v) is 8.74. The summed E-state index contributed by atoms with van der Waals surface area (Å²) in [6, 6.07) is 20.7. The van der Waals surface area contributed by atoms with Gasteiger partial charge in [-0.1, -0.05) is 60.1 Å². The first-order valence-electron chi connectivity index (χ1n) is 8.36. The second-order valence-corrected chi connectivity index (χ2v) is 6.80. The summed E-state index contributed by atoms with van der Waals surface area (Å²) in [7, 11) is 0. The van der Waals surface area contributed by atoms with E-state index in [1.54, 1.807) is 0 Å². The Morgan fingerprint density at radius 1 is 1.08 bits per heavy atom. The molecule has 1 atom stereocenters. The molecule has 1 aliphatic heterocycles. The van der Waals surface area contributed by atoms with Crippen LogP contribution in [0.1, 0.15) is 23.6 Å². The molecule has 4 rings (SSSR count). The van der Waals surface area contributed by atoms with Gasteiger partial charge in [0.1, 0.15) is 0 Å². The first-order chi connectivity index (χ1) is 11.8. The number of halogens is 1. The number of likely N-dealkylation sites (tertiary alicyclic amines) is 1. The Labute approximate surface area is 147 Å². The number of rotatable bonds is 4. The van der Waals surface area contributed by atoms with Crippen LogP contribution in [-0.4, -0.2) is 28.2 Å². The molecule has 2 heterocycles. The molecule has 0 amide bonds. The summed E-state index contributed by atoms with van der Waals surface area (Å²) in [5.74, 6) is 0.487. The molecular weight excluding hydrogens is 318 g/mol. The lowest BCUT2D eigenvalue weighted by Gasteiger charge is -2.15. The molecule has 1 N–H and O–H groups in total. The number of aromatic amines is 1. The Morgan fingerprint density at radius 3 is 2.71 bits per heavy atom. The van der Waals surface area contributed by atoms with Gasteiger partial charge in [0, 0.05) is 29.6 Å². The Hall–Kier alpha value is -2.10. The third-order valence-electron chi connectivity index (χ3n) is 4.70. The molecule has 24 heavy (non-hydrogen) atoms. The smallest absolute Gasteiger partial charge is 0.0672 e. The minimum absolute atomic E-state index is 0.487. The Bertz CT molecular complexity index is 813. The zero-order chi connectivity index (χ0) is 16.4. The molecule has 0 saturated carbocycles. The summed E-state index contributed by atoms with van der Waals surface area (Å²) in [5, 5.41) is 8.45. The number of hydrogen-bond donors (Lipinski definition) is 1. The predicted octanol–water partition coefficient (Wildman–Crippen LogP) is 4.72. The molecule has 0 spiro atoms. The van der Waals surface area contributed by atoms with E-state index in [2.05, 4.69) is 51.5 Å². The molecule has 1 unspecified atom stereocenters. The van der Waals surface area contributed by atoms with Gasteiger partial charge in [0.2, 0.25) is 0 Å². The van der Waals surface area contributed by atoms with Crippen molar-refractivity contribution in [3.05, 3.63) is 76.9 Å². The fourth-order valence-electron chi connectivity index (χ4n) is 3.42. The van der Waals surface area contributed by atoms with Crippen LogP contribution in [0.25, 0.3) is 11.3 Å². The van der Waals surface area contributed by atoms with E-state index >= 15 is 0 Å². The van der Waals surface area contributed by atoms with Crippen molar-refractivity contribution in [3.63, 3.8) is 0 Å². The minimum Gasteiger partial charge on any atom is -0.298 e. The van der Waals surface area contributed by atoms with Crippen molar-refractivity contribution < 1.29 is 0 Å². The van der Waals surface area contributed by atoms with Crippen LogP contribution >= 0.6 is 11.6 Å². The number of nitrogens with zero attached hydrogens (tertiary/aromatic N) is 2. The maximum Gasteiger partial charge on any atom is 0.0672 e. The van der Waals surface area contributed by atoms with Crippen LogP contribution in [0.5, 0.6) is 0 Å². The van der Waals surface area contributed by atoms with Crippen LogP contribution < -0.4 is 0 Å². The van der Waals surface area contributed by atoms with E-state index in [0.29, 0.717) is 5.92 Å². The topological polar surface area (TPSA) is 31.9 Å². The zero-order valence-electron chi connectivity index (χ0n) is 13.5. The molecule has 0 radical (unpaired) electrons. The molecule has 0 bridgehead atoms. The largest absolute Gasteiger partial charge is 0.298 e. The van der Waals surface area contributed by atoms with Crippen molar-refractivity contribution in [2.75, 3.05) is 13.1 Å². The molecule has 2 aromatic carbocycles. The fraction of sp³-hybridized carbons (Fsp3) is 0.250. The predicted molar refractivity (Wildman–Crippen MR) is 98.1 cm³/mol. The SMILES string of the molecule is Clc1ccccc1-c1cc(C2CCN(Cc3ccccc3)C2)n[nH]1. The Morgan fingerprint density at radius 2 is 1.88 bits per heavy atom. The van der Waals surface area contributed by atoms with E-state index in [4.69, 9.17) is 11.6 Å². The van der Waals surface area contributed by atoms with Gasteiger partial charge >= 0.3 is 0 Å². The van der Waals surface area contributed by atoms with Crippen LogP contribution in [-0.2, 0) is 6.54 Å². The monoisotopic (exact) mass is 337 g/mol. The van der Waals surface area contributed by atoms with Gasteiger partial charge in [0.15, 0.2) is 0 Å². The summed E-state index contributed by atoms with van der Waals surface area (Å²) in [4.78, 5) is 2.50. The number of hydrogen-bond acceptors (Lipinski definition) is 2. The van der Waals surface area contributed by atoms with E-state index in [1.165, 1.54) is 5.56 Å². The number of aromatic nitrogens is 2. The average molecular weight is 338 g/mol. The minimum atomic E-state index is 0.487. The number of benzene rings is 2. The maximum absolute atomic E-state index is 6.29. The van der Waals surface area contributed by atoms with Gasteiger partial charge in [-0.3, -0.25) is 10.00 Å². The maximum atomic E-state index is 6.29. The van der Waals surface area contributed by atoms with Gasteiger partial charge in [-0.05, 0) is 30.7 Å². The first kappa shape index (κ1) is 15.4. The molecule has 3 nitrogen and oxygen atoms in total. The molecule has 0 aliphatic carbocycles. The lowest BCUT2D eigenvalue weighted by atomic mass is 10.0. The van der Waals surface area contributed by atoms with E-state index in [1.807, 2.05) is 24.3 Å². The van der Waals surface area contributed by atoms with E-state index in [-0.39, 0.29) is 0 Å². The Kier molecular flexibility index (Phi) is 4.37. The molecule has 1 fully saturated rings. The third-order valence-corrected chi connectivity index (χ3v) is 5.03. The fourth-order valence-corrected chi connectivity index (χ4v) is 3.66. The highest BCUT2D eigenvalue weighted by Crippen LogP contribution is 2.31. The molecule has 4 heteroatoms. The quantitative estimate of drug-likeness (QED) is 0.747. The lowest BCUT2D eigenvalue weighted by molar-refractivity contribution is 0.326. The summed E-state index contributed by atoms with van der Waals surface area (Å²) in [5.41, 5.74) is 4.52. The van der Waals surface area contributed by atoms with Crippen LogP contribution in [0.4, 0.5) is 0 Å². The molecular formula is C20H20ClN3. The van der Waals surface area contributed by atoms with Crippen LogP contribution in [0.2, 0.25) is 5.02 Å². The average Bonchev–Trinajstić information content (AvgIpc) is 3.25. The third kappa shape index (κ3) is 3.23. The van der Waals surface area contributed by atoms with Crippen LogP contribution in [0.15, 0.2) is 60.7 Å². The summed E-state index contributed by atoms with van der Waals surface area (Å²) < 4.78 is 0. The van der Waals surface area contributed by atoms with Gasteiger partial charge in [0.05, 0.1) is 11.4 Å². The standard InChI is InChI=1S/C20H20ClN3/c21-18-9-5-4-8-17(18)20-12-19(22-23-20)16-10-11-24(14-16)13-15-6-2-1-3-7-15/h1-9,12,16H,10-11,13-14H2,(H,22,23). The van der Waals surface area contributed by atoms with E-state index < -0.39 is 0 Å². The van der Waals surface area contributed by atoms with Gasteiger partial charge in [0.25, 0.3) is 0 Å². The van der Waals surface area contributed by atoms with Gasteiger partial charge in [-0.2, -0.15) is 5.10 Å². The Balaban J connectivity index is 1.45. The van der Waals surface area contributed by atoms with Crippen molar-refractivity contribution in [1.82, 2.24) is 15.1 Å². The van der Waals surface area contributed by atoms with Gasteiger partial charge in [-0.15, -0.1) is 0 Å². The van der Waals surface area contributed by atoms with Crippen molar-refractivity contribution >= 4 is 11.6 Å². The second kappa shape index (κ2) is 6.80. The van der Waals surface area contributed by atoms with Crippen molar-refractivity contribution in [2.45, 2.75) is 18.9 Å². The molecule has 1 aliphatic rings. The lowest BCUT2D eigenvalue weighted by Crippen LogP contribution is -2.19. The molecule has 1 saturated heterocycles. The van der Waals surface area contributed by atoms with E-state index in [9.17, 15) is 0 Å². The van der Waals surface area contributed by atoms with Crippen molar-refractivity contribution in [1.29, 1.82) is 0 Å². The summed E-state index contributed by atoms with van der Waals surface area (Å²) in [6.45, 7) is 3.19. The van der Waals surface area contributed by atoms with Crippen molar-refractivity contribution in [3.8, 4) is 11.3 Å². The van der Waals surface area contributed by atoms with Crippen molar-refractivity contribution in [2.24, 2.45) is 0 Å². The normalized spacial score (nSPS) is 18.1. The van der Waals surface area contributed by atoms with Crippen LogP contribution in [0.3, 0.4) is 0 Å². The summed E-state index contributed by atoms with van der Waals surface area (Å²) in [6.07, 6.45) is 1.15. The second-order valence-electron chi connectivity index (χ2n) is 6.39. The summed E-state index contributed by atoms with van der Waals surface area (Å²) >= 11 is 6.29. The number of H-pyrrole nitrogens is 1. The van der Waals surface area contributed by atoms with Crippen LogP contribution in [0, 0.1) is 0 Å². The van der Waals surface area contributed by atoms with E-state index in [0.717, 1.165) is 48.0 Å². The highest BCUT2D eigenvalue weighted by atomic mass is 35.5. The molecule has 3 aromatic rings.